The average Bonchev–Trinajstić information content (AvgIpc) is 3.06. The summed E-state index contributed by atoms with van der Waals surface area (Å²) >= 11 is 0. The lowest BCUT2D eigenvalue weighted by Gasteiger charge is -2.21. The van der Waals surface area contributed by atoms with Crippen molar-refractivity contribution >= 4 is 0 Å². The van der Waals surface area contributed by atoms with Crippen LogP contribution in [-0.2, 0) is 6.54 Å². The van der Waals surface area contributed by atoms with Crippen LogP contribution in [0.25, 0.3) is 0 Å². The summed E-state index contributed by atoms with van der Waals surface area (Å²) in [4.78, 5) is 9.12. The van der Waals surface area contributed by atoms with E-state index in [1.54, 1.807) is 0 Å². The van der Waals surface area contributed by atoms with Gasteiger partial charge in [-0.2, -0.15) is 4.98 Å². The van der Waals surface area contributed by atoms with Gasteiger partial charge in [0.05, 0.1) is 6.54 Å². The fraction of sp³-hybridized carbons (Fsp3) is 0.900. The largest absolute Gasteiger partial charge is 0.339 e. The van der Waals surface area contributed by atoms with Gasteiger partial charge >= 0.3 is 0 Å². The summed E-state index contributed by atoms with van der Waals surface area (Å²) < 4.78 is 5.59. The molecule has 0 N–H and O–H groups in total. The van der Waals surface area contributed by atoms with Gasteiger partial charge in [-0.15, -0.1) is 0 Å². The van der Waals surface area contributed by atoms with Crippen LogP contribution in [0.1, 0.15) is 82.3 Å². The molecular weight excluding hydrogens is 312 g/mol. The van der Waals surface area contributed by atoms with Gasteiger partial charge in [-0.3, -0.25) is 4.90 Å². The Morgan fingerprint density at radius 1 is 1.12 bits per heavy atom. The van der Waals surface area contributed by atoms with Crippen molar-refractivity contribution in [3.63, 3.8) is 0 Å². The molecule has 0 amide bonds. The molecule has 1 fully saturated rings. The number of likely N-dealkylation sites (N-methyl/N-ethyl adjacent to an activating group) is 2. The summed E-state index contributed by atoms with van der Waals surface area (Å²) in [5.41, 5.74) is 0. The van der Waals surface area contributed by atoms with E-state index in [2.05, 4.69) is 48.0 Å². The van der Waals surface area contributed by atoms with Gasteiger partial charge in [-0.1, -0.05) is 57.0 Å². The molecule has 2 rings (SSSR count). The predicted molar refractivity (Wildman–Crippen MR) is 103 cm³/mol. The summed E-state index contributed by atoms with van der Waals surface area (Å²) in [6.45, 7) is 5.05. The van der Waals surface area contributed by atoms with Crippen molar-refractivity contribution in [1.82, 2.24) is 19.9 Å². The molecule has 25 heavy (non-hydrogen) atoms. The van der Waals surface area contributed by atoms with E-state index in [-0.39, 0.29) is 0 Å². The van der Waals surface area contributed by atoms with Crippen LogP contribution in [0, 0.1) is 5.92 Å². The van der Waals surface area contributed by atoms with E-state index in [0.29, 0.717) is 5.92 Å². The normalized spacial score (nSPS) is 17.5. The van der Waals surface area contributed by atoms with Crippen molar-refractivity contribution < 1.29 is 4.52 Å². The number of nitrogens with zero attached hydrogens (tertiary/aromatic N) is 4. The van der Waals surface area contributed by atoms with Crippen molar-refractivity contribution in [3.8, 4) is 0 Å². The van der Waals surface area contributed by atoms with E-state index in [9.17, 15) is 0 Å². The average molecular weight is 351 g/mol. The second-order valence-electron chi connectivity index (χ2n) is 8.13. The van der Waals surface area contributed by atoms with Crippen LogP contribution in [-0.4, -0.2) is 54.2 Å². The van der Waals surface area contributed by atoms with Gasteiger partial charge in [0.1, 0.15) is 0 Å². The minimum absolute atomic E-state index is 0.428. The van der Waals surface area contributed by atoms with E-state index >= 15 is 0 Å². The summed E-state index contributed by atoms with van der Waals surface area (Å²) in [7, 11) is 6.31. The first kappa shape index (κ1) is 20.4. The minimum atomic E-state index is 0.428. The third-order valence-electron chi connectivity index (χ3n) is 5.56. The fourth-order valence-electron chi connectivity index (χ4n) is 3.82. The Bertz CT molecular complexity index is 468. The van der Waals surface area contributed by atoms with Crippen molar-refractivity contribution in [2.24, 2.45) is 5.92 Å². The van der Waals surface area contributed by atoms with E-state index in [1.807, 2.05) is 0 Å². The van der Waals surface area contributed by atoms with E-state index in [4.69, 9.17) is 4.52 Å². The Kier molecular flexibility index (Phi) is 8.90. The lowest BCUT2D eigenvalue weighted by Crippen LogP contribution is -2.28. The Balaban J connectivity index is 1.75. The van der Waals surface area contributed by atoms with Gasteiger partial charge in [0.2, 0.25) is 5.89 Å². The van der Waals surface area contributed by atoms with Gasteiger partial charge < -0.3 is 9.42 Å². The SMILES string of the molecule is CC[C@H](CCCC1CCCCC1)c1nc(CN(C)CCN(C)C)no1. The molecule has 144 valence electrons. The molecule has 5 nitrogen and oxygen atoms in total. The van der Waals surface area contributed by atoms with Crippen LogP contribution in [0.2, 0.25) is 0 Å². The standard InChI is InChI=1S/C20H38N4O/c1-5-18(13-9-12-17-10-7-6-8-11-17)20-21-19(22-25-20)16-24(4)15-14-23(2)3/h17-18H,5-16H2,1-4H3/t18-/m1/s1. The number of hydrogen-bond acceptors (Lipinski definition) is 5. The Labute approximate surface area is 154 Å². The first-order valence-corrected chi connectivity index (χ1v) is 10.2. The number of hydrogen-bond donors (Lipinski definition) is 0. The minimum Gasteiger partial charge on any atom is -0.339 e. The highest BCUT2D eigenvalue weighted by molar-refractivity contribution is 4.94. The fourth-order valence-corrected chi connectivity index (χ4v) is 3.82. The smallest absolute Gasteiger partial charge is 0.229 e. The number of aromatic nitrogens is 2. The highest BCUT2D eigenvalue weighted by Crippen LogP contribution is 2.30. The maximum absolute atomic E-state index is 5.59. The third kappa shape index (κ3) is 7.45. The van der Waals surface area contributed by atoms with Crippen molar-refractivity contribution in [2.75, 3.05) is 34.2 Å². The Morgan fingerprint density at radius 2 is 1.88 bits per heavy atom. The maximum Gasteiger partial charge on any atom is 0.229 e. The van der Waals surface area contributed by atoms with Gasteiger partial charge in [0.15, 0.2) is 5.82 Å². The zero-order valence-electron chi connectivity index (χ0n) is 16.8. The Hall–Kier alpha value is -0.940. The van der Waals surface area contributed by atoms with E-state index in [1.165, 1.54) is 51.4 Å². The van der Waals surface area contributed by atoms with Gasteiger partial charge in [0, 0.05) is 19.0 Å². The van der Waals surface area contributed by atoms with Crippen LogP contribution < -0.4 is 0 Å². The highest BCUT2D eigenvalue weighted by atomic mass is 16.5. The van der Waals surface area contributed by atoms with Crippen LogP contribution in [0.3, 0.4) is 0 Å². The zero-order chi connectivity index (χ0) is 18.1. The quantitative estimate of drug-likeness (QED) is 0.595. The lowest BCUT2D eigenvalue weighted by molar-refractivity contribution is 0.266. The Morgan fingerprint density at radius 3 is 2.56 bits per heavy atom. The maximum atomic E-state index is 5.59. The van der Waals surface area contributed by atoms with Crippen LogP contribution in [0.5, 0.6) is 0 Å². The molecule has 0 aliphatic heterocycles. The molecule has 0 spiro atoms. The summed E-state index contributed by atoms with van der Waals surface area (Å²) in [5, 5.41) is 4.21. The van der Waals surface area contributed by atoms with E-state index in [0.717, 1.165) is 43.7 Å². The van der Waals surface area contributed by atoms with Crippen LogP contribution >= 0.6 is 0 Å². The second kappa shape index (κ2) is 10.9. The molecule has 0 saturated heterocycles. The van der Waals surface area contributed by atoms with Crippen molar-refractivity contribution in [2.45, 2.75) is 77.2 Å². The molecule has 1 aromatic heterocycles. The molecule has 0 bridgehead atoms. The first-order chi connectivity index (χ1) is 12.1. The van der Waals surface area contributed by atoms with Gasteiger partial charge in [-0.05, 0) is 39.9 Å². The topological polar surface area (TPSA) is 45.4 Å². The van der Waals surface area contributed by atoms with Crippen LogP contribution in [0.15, 0.2) is 4.52 Å². The van der Waals surface area contributed by atoms with Crippen molar-refractivity contribution in [3.05, 3.63) is 11.7 Å². The summed E-state index contributed by atoms with van der Waals surface area (Å²) in [6, 6.07) is 0. The molecular formula is C20H38N4O. The molecule has 1 heterocycles. The third-order valence-corrected chi connectivity index (χ3v) is 5.56. The zero-order valence-corrected chi connectivity index (χ0v) is 16.8. The van der Waals surface area contributed by atoms with Crippen LogP contribution in [0.4, 0.5) is 0 Å². The van der Waals surface area contributed by atoms with Crippen molar-refractivity contribution in [1.29, 1.82) is 0 Å². The highest BCUT2D eigenvalue weighted by Gasteiger charge is 2.19. The van der Waals surface area contributed by atoms with Gasteiger partial charge in [0.25, 0.3) is 0 Å². The molecule has 1 saturated carbocycles. The molecule has 0 radical (unpaired) electrons. The molecule has 1 aliphatic rings. The molecule has 5 heteroatoms. The molecule has 1 aliphatic carbocycles. The molecule has 0 unspecified atom stereocenters. The van der Waals surface area contributed by atoms with E-state index < -0.39 is 0 Å². The molecule has 0 aromatic carbocycles. The predicted octanol–water partition coefficient (Wildman–Crippen LogP) is 4.31. The summed E-state index contributed by atoms with van der Waals surface area (Å²) in [5.74, 6) is 3.07. The first-order valence-electron chi connectivity index (χ1n) is 10.2. The molecule has 1 atom stereocenters. The van der Waals surface area contributed by atoms with Gasteiger partial charge in [-0.25, -0.2) is 0 Å². The molecule has 1 aromatic rings. The number of rotatable bonds is 11. The second-order valence-corrected chi connectivity index (χ2v) is 8.13. The summed E-state index contributed by atoms with van der Waals surface area (Å²) in [6.07, 6.45) is 12.2. The monoisotopic (exact) mass is 350 g/mol. The lowest BCUT2D eigenvalue weighted by atomic mass is 9.84.